The number of urea groups is 1. The molecule has 2 N–H and O–H groups in total. The van der Waals surface area contributed by atoms with Crippen molar-refractivity contribution in [1.82, 2.24) is 10.6 Å². The Labute approximate surface area is 142 Å². The number of amides is 4. The van der Waals surface area contributed by atoms with E-state index < -0.39 is 23.4 Å². The summed E-state index contributed by atoms with van der Waals surface area (Å²) in [6.45, 7) is 1.30. The van der Waals surface area contributed by atoms with Crippen molar-refractivity contribution in [3.8, 4) is 16.9 Å². The van der Waals surface area contributed by atoms with E-state index in [0.29, 0.717) is 10.8 Å². The Hall–Kier alpha value is -2.86. The van der Waals surface area contributed by atoms with Crippen molar-refractivity contribution in [3.63, 3.8) is 0 Å². The van der Waals surface area contributed by atoms with Crippen molar-refractivity contribution in [2.75, 3.05) is 0 Å². The Kier molecular flexibility index (Phi) is 3.99. The molecule has 1 fully saturated rings. The molecular formula is C17H13ClN2O4. The lowest BCUT2D eigenvalue weighted by molar-refractivity contribution is -0.149. The zero-order chi connectivity index (χ0) is 17.3. The average molecular weight is 345 g/mol. The van der Waals surface area contributed by atoms with Gasteiger partial charge in [-0.1, -0.05) is 35.9 Å². The summed E-state index contributed by atoms with van der Waals surface area (Å²) in [4.78, 5) is 35.2. The average Bonchev–Trinajstić information content (AvgIpc) is 2.54. The minimum Gasteiger partial charge on any atom is -0.468 e. The summed E-state index contributed by atoms with van der Waals surface area (Å²) >= 11 is 5.88. The van der Waals surface area contributed by atoms with Gasteiger partial charge in [0.05, 0.1) is 0 Å². The van der Waals surface area contributed by atoms with Gasteiger partial charge in [0.25, 0.3) is 17.4 Å². The summed E-state index contributed by atoms with van der Waals surface area (Å²) in [5.41, 5.74) is -0.0878. The predicted molar refractivity (Wildman–Crippen MR) is 87.6 cm³/mol. The number of carbonyl (C=O) groups excluding carboxylic acids is 3. The Balaban J connectivity index is 1.89. The van der Waals surface area contributed by atoms with Crippen molar-refractivity contribution in [2.45, 2.75) is 12.5 Å². The van der Waals surface area contributed by atoms with Crippen LogP contribution in [0.2, 0.25) is 5.02 Å². The fourth-order valence-corrected chi connectivity index (χ4v) is 2.42. The van der Waals surface area contributed by atoms with Crippen molar-refractivity contribution in [1.29, 1.82) is 0 Å². The zero-order valence-corrected chi connectivity index (χ0v) is 13.4. The number of hydrogen-bond acceptors (Lipinski definition) is 4. The summed E-state index contributed by atoms with van der Waals surface area (Å²) in [6, 6.07) is 13.3. The third kappa shape index (κ3) is 2.96. The second-order valence-electron chi connectivity index (χ2n) is 5.41. The molecule has 24 heavy (non-hydrogen) atoms. The summed E-state index contributed by atoms with van der Waals surface area (Å²) in [6.07, 6.45) is 0. The SMILES string of the molecule is CC1(Oc2cccc(-c3ccc(Cl)cc3)c2)C(=O)NC(=O)NC1=O. The molecule has 1 saturated heterocycles. The highest BCUT2D eigenvalue weighted by atomic mass is 35.5. The lowest BCUT2D eigenvalue weighted by atomic mass is 10.0. The van der Waals surface area contributed by atoms with Crippen molar-refractivity contribution >= 4 is 29.4 Å². The second-order valence-corrected chi connectivity index (χ2v) is 5.84. The van der Waals surface area contributed by atoms with E-state index in [1.54, 1.807) is 30.3 Å². The van der Waals surface area contributed by atoms with Crippen LogP contribution in [0.25, 0.3) is 11.1 Å². The summed E-state index contributed by atoms with van der Waals surface area (Å²) in [5.74, 6) is -1.30. The molecule has 0 aromatic heterocycles. The lowest BCUT2D eigenvalue weighted by Gasteiger charge is -2.30. The molecule has 122 valence electrons. The number of halogens is 1. The van der Waals surface area contributed by atoms with Gasteiger partial charge < -0.3 is 4.74 Å². The maximum absolute atomic E-state index is 12.0. The number of imide groups is 2. The summed E-state index contributed by atoms with van der Waals surface area (Å²) < 4.78 is 5.60. The van der Waals surface area contributed by atoms with Crippen molar-refractivity contribution in [2.24, 2.45) is 0 Å². The van der Waals surface area contributed by atoms with Crippen LogP contribution in [0.3, 0.4) is 0 Å². The van der Waals surface area contributed by atoms with E-state index in [2.05, 4.69) is 0 Å². The van der Waals surface area contributed by atoms with Gasteiger partial charge in [0.2, 0.25) is 0 Å². The molecule has 7 heteroatoms. The monoisotopic (exact) mass is 344 g/mol. The highest BCUT2D eigenvalue weighted by Gasteiger charge is 2.49. The number of ether oxygens (including phenoxy) is 1. The smallest absolute Gasteiger partial charge is 0.328 e. The molecule has 0 spiro atoms. The molecule has 1 aliphatic rings. The molecule has 0 unspecified atom stereocenters. The fraction of sp³-hybridized carbons (Fsp3) is 0.118. The number of rotatable bonds is 3. The van der Waals surface area contributed by atoms with Crippen LogP contribution in [-0.2, 0) is 9.59 Å². The van der Waals surface area contributed by atoms with Gasteiger partial charge in [-0.2, -0.15) is 0 Å². The van der Waals surface area contributed by atoms with Gasteiger partial charge in [0.1, 0.15) is 5.75 Å². The van der Waals surface area contributed by atoms with Gasteiger partial charge in [-0.15, -0.1) is 0 Å². The zero-order valence-electron chi connectivity index (χ0n) is 12.6. The Morgan fingerprint density at radius 1 is 0.917 bits per heavy atom. The Morgan fingerprint density at radius 3 is 2.17 bits per heavy atom. The van der Waals surface area contributed by atoms with Crippen LogP contribution in [0.5, 0.6) is 5.75 Å². The standard InChI is InChI=1S/C17H13ClN2O4/c1-17(14(21)19-16(23)20-15(17)22)24-13-4-2-3-11(9-13)10-5-7-12(18)8-6-10/h2-9H,1H3,(H2,19,20,21,22,23). The molecule has 6 nitrogen and oxygen atoms in total. The molecule has 2 aromatic carbocycles. The molecular weight excluding hydrogens is 332 g/mol. The maximum Gasteiger partial charge on any atom is 0.328 e. The van der Waals surface area contributed by atoms with Crippen LogP contribution in [0.15, 0.2) is 48.5 Å². The highest BCUT2D eigenvalue weighted by Crippen LogP contribution is 2.28. The molecule has 1 aliphatic heterocycles. The highest BCUT2D eigenvalue weighted by molar-refractivity contribution is 6.30. The molecule has 4 amide bonds. The van der Waals surface area contributed by atoms with E-state index >= 15 is 0 Å². The topological polar surface area (TPSA) is 84.5 Å². The van der Waals surface area contributed by atoms with Crippen LogP contribution in [0.4, 0.5) is 4.79 Å². The summed E-state index contributed by atoms with van der Waals surface area (Å²) in [5, 5.41) is 4.67. The van der Waals surface area contributed by atoms with Crippen LogP contribution in [0.1, 0.15) is 6.92 Å². The first kappa shape index (κ1) is 16.0. The van der Waals surface area contributed by atoms with E-state index in [1.807, 2.05) is 28.8 Å². The number of benzene rings is 2. The van der Waals surface area contributed by atoms with E-state index in [9.17, 15) is 14.4 Å². The predicted octanol–water partition coefficient (Wildman–Crippen LogP) is 2.51. The lowest BCUT2D eigenvalue weighted by Crippen LogP contribution is -2.67. The van der Waals surface area contributed by atoms with Gasteiger partial charge >= 0.3 is 6.03 Å². The van der Waals surface area contributed by atoms with Crippen LogP contribution >= 0.6 is 11.6 Å². The molecule has 0 atom stereocenters. The summed E-state index contributed by atoms with van der Waals surface area (Å²) in [7, 11) is 0. The Morgan fingerprint density at radius 2 is 1.54 bits per heavy atom. The number of carbonyl (C=O) groups is 3. The van der Waals surface area contributed by atoms with Gasteiger partial charge in [0.15, 0.2) is 0 Å². The van der Waals surface area contributed by atoms with E-state index in [0.717, 1.165) is 11.1 Å². The molecule has 0 bridgehead atoms. The first-order valence-electron chi connectivity index (χ1n) is 7.10. The minimum absolute atomic E-state index is 0.324. The van der Waals surface area contributed by atoms with Crippen LogP contribution in [0, 0.1) is 0 Å². The number of barbiturate groups is 1. The van der Waals surface area contributed by atoms with E-state index in [1.165, 1.54) is 6.92 Å². The van der Waals surface area contributed by atoms with Gasteiger partial charge in [0, 0.05) is 5.02 Å². The third-order valence-electron chi connectivity index (χ3n) is 3.65. The first-order chi connectivity index (χ1) is 11.4. The van der Waals surface area contributed by atoms with E-state index in [4.69, 9.17) is 16.3 Å². The van der Waals surface area contributed by atoms with Crippen molar-refractivity contribution in [3.05, 3.63) is 53.6 Å². The largest absolute Gasteiger partial charge is 0.468 e. The quantitative estimate of drug-likeness (QED) is 0.838. The molecule has 0 aliphatic carbocycles. The molecule has 0 radical (unpaired) electrons. The normalized spacial score (nSPS) is 16.3. The molecule has 0 saturated carbocycles. The van der Waals surface area contributed by atoms with Gasteiger partial charge in [-0.05, 0) is 42.3 Å². The molecule has 1 heterocycles. The minimum atomic E-state index is -1.83. The Bertz CT molecular complexity index is 813. The molecule has 3 rings (SSSR count). The first-order valence-corrected chi connectivity index (χ1v) is 7.48. The van der Waals surface area contributed by atoms with Gasteiger partial charge in [-0.25, -0.2) is 4.79 Å². The third-order valence-corrected chi connectivity index (χ3v) is 3.91. The fourth-order valence-electron chi connectivity index (χ4n) is 2.29. The maximum atomic E-state index is 12.0. The van der Waals surface area contributed by atoms with Gasteiger partial charge in [-0.3, -0.25) is 20.2 Å². The molecule has 2 aromatic rings. The van der Waals surface area contributed by atoms with Crippen LogP contribution in [-0.4, -0.2) is 23.4 Å². The number of nitrogens with one attached hydrogen (secondary N) is 2. The number of hydrogen-bond donors (Lipinski definition) is 2. The van der Waals surface area contributed by atoms with E-state index in [-0.39, 0.29) is 0 Å². The van der Waals surface area contributed by atoms with Crippen molar-refractivity contribution < 1.29 is 19.1 Å². The second kappa shape index (κ2) is 5.98. The van der Waals surface area contributed by atoms with Crippen LogP contribution < -0.4 is 15.4 Å².